The molecule has 0 aliphatic heterocycles. The summed E-state index contributed by atoms with van der Waals surface area (Å²) in [5, 5.41) is 12.4. The number of aromatic hydroxyl groups is 1. The topological polar surface area (TPSA) is 78.4 Å². The van der Waals surface area contributed by atoms with Crippen molar-refractivity contribution in [1.29, 1.82) is 0 Å². The van der Waals surface area contributed by atoms with Crippen molar-refractivity contribution in [2.75, 3.05) is 12.4 Å². The third-order valence-corrected chi connectivity index (χ3v) is 4.30. The lowest BCUT2D eigenvalue weighted by atomic mass is 10.2. The van der Waals surface area contributed by atoms with Crippen molar-refractivity contribution in [3.05, 3.63) is 54.1 Å². The highest BCUT2D eigenvalue weighted by Crippen LogP contribution is 2.15. The van der Waals surface area contributed by atoms with E-state index in [9.17, 15) is 13.5 Å². The smallest absolute Gasteiger partial charge is 0.240 e. The van der Waals surface area contributed by atoms with Gasteiger partial charge in [0.15, 0.2) is 0 Å². The van der Waals surface area contributed by atoms with E-state index in [1.807, 2.05) is 12.1 Å². The van der Waals surface area contributed by atoms with Crippen molar-refractivity contribution < 1.29 is 13.5 Å². The molecule has 0 bridgehead atoms. The van der Waals surface area contributed by atoms with Gasteiger partial charge in [0.1, 0.15) is 5.75 Å². The summed E-state index contributed by atoms with van der Waals surface area (Å²) in [5.41, 5.74) is 1.85. The second-order valence-corrected chi connectivity index (χ2v) is 6.14. The minimum Gasteiger partial charge on any atom is -0.508 e. The van der Waals surface area contributed by atoms with Crippen LogP contribution in [0.25, 0.3) is 0 Å². The molecule has 6 heteroatoms. The number of phenolic OH excluding ortho intramolecular Hbond substituents is 1. The van der Waals surface area contributed by atoms with E-state index in [0.29, 0.717) is 6.54 Å². The molecule has 0 fully saturated rings. The molecule has 0 aliphatic rings. The molecule has 0 heterocycles. The van der Waals surface area contributed by atoms with Crippen LogP contribution < -0.4 is 10.0 Å². The largest absolute Gasteiger partial charge is 0.508 e. The molecular weight excluding hydrogens is 276 g/mol. The van der Waals surface area contributed by atoms with Crippen LogP contribution in [0.2, 0.25) is 0 Å². The summed E-state index contributed by atoms with van der Waals surface area (Å²) in [6.45, 7) is 0.596. The standard InChI is InChI=1S/C14H16N2O3S/c1-15-20(18,19)14-8-4-12(5-9-14)16-10-11-2-6-13(17)7-3-11/h2-9,15-17H,10H2,1H3. The zero-order valence-electron chi connectivity index (χ0n) is 11.0. The van der Waals surface area contributed by atoms with Gasteiger partial charge in [-0.1, -0.05) is 12.1 Å². The van der Waals surface area contributed by atoms with Gasteiger partial charge in [-0.3, -0.25) is 0 Å². The molecule has 106 valence electrons. The van der Waals surface area contributed by atoms with Crippen LogP contribution in [0.4, 0.5) is 5.69 Å². The Morgan fingerprint density at radius 2 is 1.60 bits per heavy atom. The molecule has 0 atom stereocenters. The van der Waals surface area contributed by atoms with Crippen LogP contribution in [0, 0.1) is 0 Å². The maximum absolute atomic E-state index is 11.6. The number of hydrogen-bond donors (Lipinski definition) is 3. The lowest BCUT2D eigenvalue weighted by molar-refractivity contribution is 0.475. The number of rotatable bonds is 5. The van der Waals surface area contributed by atoms with E-state index in [1.165, 1.54) is 7.05 Å². The fourth-order valence-corrected chi connectivity index (χ4v) is 2.42. The molecule has 0 aromatic heterocycles. The van der Waals surface area contributed by atoms with Crippen LogP contribution >= 0.6 is 0 Å². The molecule has 2 aromatic rings. The molecule has 5 nitrogen and oxygen atoms in total. The maximum Gasteiger partial charge on any atom is 0.240 e. The number of phenols is 1. The van der Waals surface area contributed by atoms with Gasteiger partial charge in [0, 0.05) is 12.2 Å². The number of hydrogen-bond acceptors (Lipinski definition) is 4. The van der Waals surface area contributed by atoms with Gasteiger partial charge in [-0.05, 0) is 49.0 Å². The first-order valence-electron chi connectivity index (χ1n) is 6.07. The number of sulfonamides is 1. The molecule has 20 heavy (non-hydrogen) atoms. The Morgan fingerprint density at radius 3 is 2.15 bits per heavy atom. The van der Waals surface area contributed by atoms with E-state index in [4.69, 9.17) is 0 Å². The zero-order chi connectivity index (χ0) is 14.6. The number of anilines is 1. The molecule has 0 saturated heterocycles. The average Bonchev–Trinajstić information content (AvgIpc) is 2.47. The molecule has 0 saturated carbocycles. The van der Waals surface area contributed by atoms with Crippen LogP contribution in [0.3, 0.4) is 0 Å². The summed E-state index contributed by atoms with van der Waals surface area (Å²) in [6.07, 6.45) is 0. The van der Waals surface area contributed by atoms with E-state index in [0.717, 1.165) is 11.3 Å². The minimum atomic E-state index is -3.39. The average molecular weight is 292 g/mol. The summed E-state index contributed by atoms with van der Waals surface area (Å²) < 4.78 is 25.4. The Bertz CT molecular complexity index is 665. The van der Waals surface area contributed by atoms with Crippen molar-refractivity contribution in [1.82, 2.24) is 4.72 Å². The second-order valence-electron chi connectivity index (χ2n) is 4.25. The molecule has 2 aromatic carbocycles. The third-order valence-electron chi connectivity index (χ3n) is 2.87. The van der Waals surface area contributed by atoms with Gasteiger partial charge < -0.3 is 10.4 Å². The Balaban J connectivity index is 2.03. The molecule has 0 unspecified atom stereocenters. The van der Waals surface area contributed by atoms with Gasteiger partial charge in [-0.15, -0.1) is 0 Å². The normalized spacial score (nSPS) is 11.2. The van der Waals surface area contributed by atoms with Crippen LogP contribution in [0.1, 0.15) is 5.56 Å². The van der Waals surface area contributed by atoms with Gasteiger partial charge in [-0.2, -0.15) is 0 Å². The summed E-state index contributed by atoms with van der Waals surface area (Å²) in [7, 11) is -2.01. The van der Waals surface area contributed by atoms with Crippen LogP contribution in [0.5, 0.6) is 5.75 Å². The van der Waals surface area contributed by atoms with Gasteiger partial charge >= 0.3 is 0 Å². The quantitative estimate of drug-likeness (QED) is 0.786. The number of nitrogens with one attached hydrogen (secondary N) is 2. The van der Waals surface area contributed by atoms with E-state index >= 15 is 0 Å². The molecule has 0 amide bonds. The van der Waals surface area contributed by atoms with Crippen molar-refractivity contribution >= 4 is 15.7 Å². The van der Waals surface area contributed by atoms with Crippen molar-refractivity contribution in [3.8, 4) is 5.75 Å². The SMILES string of the molecule is CNS(=O)(=O)c1ccc(NCc2ccc(O)cc2)cc1. The van der Waals surface area contributed by atoms with E-state index in [1.54, 1.807) is 36.4 Å². The first-order valence-corrected chi connectivity index (χ1v) is 7.55. The van der Waals surface area contributed by atoms with Gasteiger partial charge in [-0.25, -0.2) is 13.1 Å². The van der Waals surface area contributed by atoms with Crippen LogP contribution in [0.15, 0.2) is 53.4 Å². The van der Waals surface area contributed by atoms with Crippen LogP contribution in [-0.2, 0) is 16.6 Å². The second kappa shape index (κ2) is 5.94. The van der Waals surface area contributed by atoms with Crippen molar-refractivity contribution in [2.24, 2.45) is 0 Å². The molecular formula is C14H16N2O3S. The van der Waals surface area contributed by atoms with Gasteiger partial charge in [0.2, 0.25) is 10.0 Å². The molecule has 0 spiro atoms. The predicted octanol–water partition coefficient (Wildman–Crippen LogP) is 1.91. The van der Waals surface area contributed by atoms with Crippen molar-refractivity contribution in [2.45, 2.75) is 11.4 Å². The summed E-state index contributed by atoms with van der Waals surface area (Å²) in [5.74, 6) is 0.232. The first-order chi connectivity index (χ1) is 9.51. The lowest BCUT2D eigenvalue weighted by Crippen LogP contribution is -2.18. The third kappa shape index (κ3) is 3.49. The van der Waals surface area contributed by atoms with Gasteiger partial charge in [0.25, 0.3) is 0 Å². The Morgan fingerprint density at radius 1 is 1.00 bits per heavy atom. The lowest BCUT2D eigenvalue weighted by Gasteiger charge is -2.08. The molecule has 3 N–H and O–H groups in total. The summed E-state index contributed by atoms with van der Waals surface area (Å²) in [6, 6.07) is 13.4. The fraction of sp³-hybridized carbons (Fsp3) is 0.143. The summed E-state index contributed by atoms with van der Waals surface area (Å²) in [4.78, 5) is 0.232. The predicted molar refractivity (Wildman–Crippen MR) is 78.1 cm³/mol. The van der Waals surface area contributed by atoms with Crippen molar-refractivity contribution in [3.63, 3.8) is 0 Å². The highest BCUT2D eigenvalue weighted by molar-refractivity contribution is 7.89. The molecule has 0 aliphatic carbocycles. The van der Waals surface area contributed by atoms with Gasteiger partial charge in [0.05, 0.1) is 4.90 Å². The minimum absolute atomic E-state index is 0.232. The zero-order valence-corrected chi connectivity index (χ0v) is 11.8. The molecule has 0 radical (unpaired) electrons. The highest BCUT2D eigenvalue weighted by atomic mass is 32.2. The van der Waals surface area contributed by atoms with Crippen LogP contribution in [-0.4, -0.2) is 20.6 Å². The Kier molecular flexibility index (Phi) is 4.26. The first kappa shape index (κ1) is 14.4. The maximum atomic E-state index is 11.6. The monoisotopic (exact) mass is 292 g/mol. The van der Waals surface area contributed by atoms with E-state index in [-0.39, 0.29) is 10.6 Å². The van der Waals surface area contributed by atoms with E-state index in [2.05, 4.69) is 10.0 Å². The fourth-order valence-electron chi connectivity index (χ4n) is 1.69. The van der Waals surface area contributed by atoms with E-state index < -0.39 is 10.0 Å². The Labute approximate surface area is 118 Å². The Hall–Kier alpha value is -2.05. The highest BCUT2D eigenvalue weighted by Gasteiger charge is 2.10. The summed E-state index contributed by atoms with van der Waals surface area (Å²) >= 11 is 0. The number of benzene rings is 2. The molecule has 2 rings (SSSR count).